The molecule has 0 bridgehead atoms. The Kier molecular flexibility index (Phi) is 4.19. The largest absolute Gasteiger partial charge is 0.492 e. The fraction of sp³-hybridized carbons (Fsp3) is 0.643. The molecule has 1 aromatic heterocycles. The molecule has 0 unspecified atom stereocenters. The lowest BCUT2D eigenvalue weighted by atomic mass is 9.85. The molecule has 18 heavy (non-hydrogen) atoms. The van der Waals surface area contributed by atoms with Crippen molar-refractivity contribution in [2.75, 3.05) is 26.2 Å². The maximum atomic E-state index is 10.7. The van der Waals surface area contributed by atoms with Gasteiger partial charge in [0.1, 0.15) is 5.75 Å². The Labute approximate surface area is 109 Å². The highest BCUT2D eigenvalue weighted by Gasteiger charge is 2.34. The summed E-state index contributed by atoms with van der Waals surface area (Å²) in [5.74, 6) is 0.737. The first-order chi connectivity index (χ1) is 8.68. The quantitative estimate of drug-likeness (QED) is 0.885. The lowest BCUT2D eigenvalue weighted by Gasteiger charge is -2.38. The summed E-state index contributed by atoms with van der Waals surface area (Å²) >= 11 is 0. The maximum Gasteiger partial charge on any atom is 0.137 e. The van der Waals surface area contributed by atoms with Gasteiger partial charge in [-0.15, -0.1) is 0 Å². The van der Waals surface area contributed by atoms with E-state index in [-0.39, 0.29) is 0 Å². The molecule has 2 rings (SSSR count). The molecule has 0 aromatic carbocycles. The minimum Gasteiger partial charge on any atom is -0.492 e. The van der Waals surface area contributed by atoms with E-state index in [2.05, 4.69) is 16.8 Å². The SMILES string of the molecule is CCOc1cncc(C2(O)CCN(CC)CC2)c1. The highest BCUT2D eigenvalue weighted by atomic mass is 16.5. The van der Waals surface area contributed by atoms with Gasteiger partial charge in [0.05, 0.1) is 18.4 Å². The number of ether oxygens (including phenoxy) is 1. The Hall–Kier alpha value is -1.13. The van der Waals surface area contributed by atoms with Crippen molar-refractivity contribution in [3.05, 3.63) is 24.0 Å². The van der Waals surface area contributed by atoms with E-state index in [0.29, 0.717) is 6.61 Å². The Morgan fingerprint density at radius 3 is 2.67 bits per heavy atom. The Morgan fingerprint density at radius 2 is 2.06 bits per heavy atom. The fourth-order valence-corrected chi connectivity index (χ4v) is 2.45. The van der Waals surface area contributed by atoms with Crippen LogP contribution in [0.5, 0.6) is 5.75 Å². The number of pyridine rings is 1. The molecule has 4 nitrogen and oxygen atoms in total. The lowest BCUT2D eigenvalue weighted by Crippen LogP contribution is -2.42. The van der Waals surface area contributed by atoms with Gasteiger partial charge in [0.15, 0.2) is 0 Å². The van der Waals surface area contributed by atoms with Crippen molar-refractivity contribution in [2.24, 2.45) is 0 Å². The van der Waals surface area contributed by atoms with E-state index in [1.165, 1.54) is 0 Å². The van der Waals surface area contributed by atoms with Crippen molar-refractivity contribution in [3.8, 4) is 5.75 Å². The molecule has 100 valence electrons. The van der Waals surface area contributed by atoms with Crippen LogP contribution in [0, 0.1) is 0 Å². The van der Waals surface area contributed by atoms with Crippen LogP contribution in [0.25, 0.3) is 0 Å². The summed E-state index contributed by atoms with van der Waals surface area (Å²) in [6.07, 6.45) is 4.97. The van der Waals surface area contributed by atoms with Gasteiger partial charge in [0.2, 0.25) is 0 Å². The molecule has 2 heterocycles. The lowest BCUT2D eigenvalue weighted by molar-refractivity contribution is -0.0251. The molecule has 1 fully saturated rings. The summed E-state index contributed by atoms with van der Waals surface area (Å²) < 4.78 is 5.44. The number of likely N-dealkylation sites (tertiary alicyclic amines) is 1. The summed E-state index contributed by atoms with van der Waals surface area (Å²) in [5, 5.41) is 10.7. The topological polar surface area (TPSA) is 45.6 Å². The molecule has 1 saturated heterocycles. The highest BCUT2D eigenvalue weighted by Crippen LogP contribution is 2.33. The monoisotopic (exact) mass is 250 g/mol. The number of aromatic nitrogens is 1. The molecule has 4 heteroatoms. The summed E-state index contributed by atoms with van der Waals surface area (Å²) in [6.45, 7) is 7.64. The Morgan fingerprint density at radius 1 is 1.33 bits per heavy atom. The van der Waals surface area contributed by atoms with E-state index in [1.54, 1.807) is 12.4 Å². The summed E-state index contributed by atoms with van der Waals surface area (Å²) in [4.78, 5) is 6.52. The van der Waals surface area contributed by atoms with Gasteiger partial charge >= 0.3 is 0 Å². The van der Waals surface area contributed by atoms with Crippen LogP contribution < -0.4 is 4.74 Å². The molecular formula is C14H22N2O2. The van der Waals surface area contributed by atoms with Crippen molar-refractivity contribution < 1.29 is 9.84 Å². The summed E-state index contributed by atoms with van der Waals surface area (Å²) in [6, 6.07) is 1.91. The minimum absolute atomic E-state index is 0.618. The van der Waals surface area contributed by atoms with Crippen molar-refractivity contribution in [1.82, 2.24) is 9.88 Å². The standard InChI is InChI=1S/C14H22N2O2/c1-3-16-7-5-14(17,6-8-16)12-9-13(18-4-2)11-15-10-12/h9-11,17H,3-8H2,1-2H3. The van der Waals surface area contributed by atoms with E-state index < -0.39 is 5.60 Å². The third-order valence-corrected chi connectivity index (χ3v) is 3.69. The Bertz CT molecular complexity index is 387. The first-order valence-corrected chi connectivity index (χ1v) is 6.71. The van der Waals surface area contributed by atoms with Gasteiger partial charge < -0.3 is 14.7 Å². The van der Waals surface area contributed by atoms with E-state index in [1.807, 2.05) is 13.0 Å². The molecule has 0 radical (unpaired) electrons. The normalized spacial score (nSPS) is 19.7. The van der Waals surface area contributed by atoms with Crippen LogP contribution in [0.4, 0.5) is 0 Å². The fourth-order valence-electron chi connectivity index (χ4n) is 2.45. The van der Waals surface area contributed by atoms with Crippen LogP contribution in [0.3, 0.4) is 0 Å². The van der Waals surface area contributed by atoms with Crippen molar-refractivity contribution in [3.63, 3.8) is 0 Å². The van der Waals surface area contributed by atoms with E-state index in [0.717, 1.165) is 43.8 Å². The maximum absolute atomic E-state index is 10.7. The molecule has 0 aliphatic carbocycles. The number of rotatable bonds is 4. The zero-order valence-electron chi connectivity index (χ0n) is 11.2. The van der Waals surface area contributed by atoms with Gasteiger partial charge in [0, 0.05) is 24.8 Å². The van der Waals surface area contributed by atoms with Crippen molar-refractivity contribution in [2.45, 2.75) is 32.3 Å². The van der Waals surface area contributed by atoms with Crippen LogP contribution in [0.15, 0.2) is 18.5 Å². The van der Waals surface area contributed by atoms with E-state index in [9.17, 15) is 5.11 Å². The molecule has 0 atom stereocenters. The predicted octanol–water partition coefficient (Wildman–Crippen LogP) is 1.78. The molecule has 0 spiro atoms. The summed E-state index contributed by atoms with van der Waals surface area (Å²) in [7, 11) is 0. The first-order valence-electron chi connectivity index (χ1n) is 6.71. The van der Waals surface area contributed by atoms with Gasteiger partial charge in [-0.1, -0.05) is 6.92 Å². The van der Waals surface area contributed by atoms with Crippen LogP contribution >= 0.6 is 0 Å². The van der Waals surface area contributed by atoms with E-state index >= 15 is 0 Å². The molecule has 1 aliphatic heterocycles. The molecule has 1 N–H and O–H groups in total. The van der Waals surface area contributed by atoms with Gasteiger partial charge in [-0.05, 0) is 32.4 Å². The molecule has 1 aliphatic rings. The number of piperidine rings is 1. The summed E-state index contributed by atoms with van der Waals surface area (Å²) in [5.41, 5.74) is 0.135. The van der Waals surface area contributed by atoms with Crippen LogP contribution in [0.1, 0.15) is 32.3 Å². The van der Waals surface area contributed by atoms with Gasteiger partial charge in [-0.2, -0.15) is 0 Å². The number of aliphatic hydroxyl groups is 1. The van der Waals surface area contributed by atoms with Crippen LogP contribution in [0.2, 0.25) is 0 Å². The second-order valence-corrected chi connectivity index (χ2v) is 4.81. The second-order valence-electron chi connectivity index (χ2n) is 4.81. The highest BCUT2D eigenvalue weighted by molar-refractivity contribution is 5.28. The third kappa shape index (κ3) is 2.82. The Balaban J connectivity index is 2.12. The van der Waals surface area contributed by atoms with Gasteiger partial charge in [0.25, 0.3) is 0 Å². The van der Waals surface area contributed by atoms with E-state index in [4.69, 9.17) is 4.74 Å². The smallest absolute Gasteiger partial charge is 0.137 e. The minimum atomic E-state index is -0.744. The molecular weight excluding hydrogens is 228 g/mol. The van der Waals surface area contributed by atoms with Gasteiger partial charge in [-0.25, -0.2) is 0 Å². The first kappa shape index (κ1) is 13.3. The molecule has 0 amide bonds. The average molecular weight is 250 g/mol. The predicted molar refractivity (Wildman–Crippen MR) is 70.7 cm³/mol. The third-order valence-electron chi connectivity index (χ3n) is 3.69. The van der Waals surface area contributed by atoms with Crippen molar-refractivity contribution in [1.29, 1.82) is 0 Å². The number of nitrogens with zero attached hydrogens (tertiary/aromatic N) is 2. The molecule has 1 aromatic rings. The zero-order valence-corrected chi connectivity index (χ0v) is 11.2. The number of hydrogen-bond acceptors (Lipinski definition) is 4. The second kappa shape index (κ2) is 5.67. The number of hydrogen-bond donors (Lipinski definition) is 1. The molecule has 0 saturated carbocycles. The van der Waals surface area contributed by atoms with Crippen LogP contribution in [-0.4, -0.2) is 41.2 Å². The zero-order chi connectivity index (χ0) is 13.0. The van der Waals surface area contributed by atoms with Crippen molar-refractivity contribution >= 4 is 0 Å². The average Bonchev–Trinajstić information content (AvgIpc) is 2.40. The van der Waals surface area contributed by atoms with Crippen LogP contribution in [-0.2, 0) is 5.60 Å². The van der Waals surface area contributed by atoms with Gasteiger partial charge in [-0.3, -0.25) is 4.98 Å².